The van der Waals surface area contributed by atoms with E-state index in [9.17, 15) is 15.3 Å². The Hall–Kier alpha value is -2.53. The van der Waals surface area contributed by atoms with Crippen molar-refractivity contribution in [1.29, 1.82) is 0 Å². The number of aliphatic hydroxyl groups is 3. The molecule has 4 heterocycles. The van der Waals surface area contributed by atoms with Gasteiger partial charge >= 0.3 is 0 Å². The number of imidazole rings is 1. The van der Waals surface area contributed by atoms with E-state index in [1.54, 1.807) is 12.1 Å². The summed E-state index contributed by atoms with van der Waals surface area (Å²) >= 11 is 0. The van der Waals surface area contributed by atoms with Crippen LogP contribution in [0.1, 0.15) is 5.76 Å². The third-order valence-corrected chi connectivity index (χ3v) is 4.48. The molecule has 10 nitrogen and oxygen atoms in total. The lowest BCUT2D eigenvalue weighted by Crippen LogP contribution is -2.47. The average molecular weight is 347 g/mol. The average Bonchev–Trinajstić information content (AvgIpc) is 3.31. The minimum absolute atomic E-state index is 0.0874. The highest BCUT2D eigenvalue weighted by Gasteiger charge is 2.56. The van der Waals surface area contributed by atoms with Gasteiger partial charge in [0, 0.05) is 0 Å². The van der Waals surface area contributed by atoms with Gasteiger partial charge in [0.25, 0.3) is 0 Å². The van der Waals surface area contributed by atoms with E-state index in [4.69, 9.17) is 14.9 Å². The van der Waals surface area contributed by atoms with Gasteiger partial charge in [-0.05, 0) is 12.1 Å². The van der Waals surface area contributed by atoms with Gasteiger partial charge in [0.05, 0.1) is 25.6 Å². The van der Waals surface area contributed by atoms with Gasteiger partial charge in [-0.2, -0.15) is 0 Å². The second-order valence-corrected chi connectivity index (χ2v) is 5.92. The summed E-state index contributed by atoms with van der Waals surface area (Å²) in [5.41, 5.74) is 5.04. The molecule has 3 aromatic rings. The van der Waals surface area contributed by atoms with Crippen LogP contribution in [-0.2, 0) is 16.9 Å². The molecular weight excluding hydrogens is 330 g/mol. The van der Waals surface area contributed by atoms with Crippen LogP contribution >= 0.6 is 0 Å². The molecule has 1 fully saturated rings. The Bertz CT molecular complexity index is 882. The SMILES string of the molecule is Nc1ncnc2c1ncn2[C@]1(Cc2ccco2)O[C@H](CO)[C@@H](O)[C@H]1O. The predicted octanol–water partition coefficient (Wildman–Crippen LogP) is -0.990. The summed E-state index contributed by atoms with van der Waals surface area (Å²) in [6.07, 6.45) is 0.647. The van der Waals surface area contributed by atoms with E-state index >= 15 is 0 Å². The number of fused-ring (bicyclic) bond motifs is 1. The number of aliphatic hydroxyl groups excluding tert-OH is 3. The molecule has 1 aliphatic heterocycles. The van der Waals surface area contributed by atoms with Gasteiger partial charge in [-0.3, -0.25) is 4.57 Å². The number of ether oxygens (including phenoxy) is 1. The molecule has 0 amide bonds. The molecular formula is C15H17N5O5. The van der Waals surface area contributed by atoms with Crippen molar-refractivity contribution < 1.29 is 24.5 Å². The molecule has 1 saturated heterocycles. The van der Waals surface area contributed by atoms with E-state index in [2.05, 4.69) is 15.0 Å². The highest BCUT2D eigenvalue weighted by atomic mass is 16.6. The number of rotatable bonds is 4. The summed E-state index contributed by atoms with van der Waals surface area (Å²) in [5.74, 6) is 0.706. The third kappa shape index (κ3) is 2.30. The Kier molecular flexibility index (Phi) is 3.69. The lowest BCUT2D eigenvalue weighted by Gasteiger charge is -2.33. The Morgan fingerprint density at radius 2 is 2.12 bits per heavy atom. The van der Waals surface area contributed by atoms with Crippen LogP contribution in [-0.4, -0.2) is 59.8 Å². The summed E-state index contributed by atoms with van der Waals surface area (Å²) < 4.78 is 12.8. The van der Waals surface area contributed by atoms with E-state index in [1.807, 2.05) is 0 Å². The largest absolute Gasteiger partial charge is 0.469 e. The van der Waals surface area contributed by atoms with Gasteiger partial charge in [0.1, 0.15) is 35.9 Å². The molecule has 1 aliphatic rings. The van der Waals surface area contributed by atoms with Crippen molar-refractivity contribution in [2.45, 2.75) is 30.5 Å². The van der Waals surface area contributed by atoms with Gasteiger partial charge in [-0.15, -0.1) is 0 Å². The minimum Gasteiger partial charge on any atom is -0.469 e. The van der Waals surface area contributed by atoms with Crippen LogP contribution in [0, 0.1) is 0 Å². The molecule has 0 saturated carbocycles. The zero-order chi connectivity index (χ0) is 17.6. The number of nitrogens with two attached hydrogens (primary N) is 1. The maximum Gasteiger partial charge on any atom is 0.183 e. The van der Waals surface area contributed by atoms with Crippen LogP contribution in [0.25, 0.3) is 11.2 Å². The summed E-state index contributed by atoms with van der Waals surface area (Å²) in [4.78, 5) is 12.3. The molecule has 4 atom stereocenters. The van der Waals surface area contributed by atoms with Crippen molar-refractivity contribution in [3.05, 3.63) is 36.8 Å². The van der Waals surface area contributed by atoms with Crippen molar-refractivity contribution in [3.63, 3.8) is 0 Å². The number of nitrogen functional groups attached to an aromatic ring is 1. The molecule has 5 N–H and O–H groups in total. The number of aromatic nitrogens is 4. The molecule has 3 aromatic heterocycles. The number of nitrogens with zero attached hydrogens (tertiary/aromatic N) is 4. The molecule has 132 valence electrons. The first kappa shape index (κ1) is 16.0. The molecule has 0 bridgehead atoms. The van der Waals surface area contributed by atoms with Crippen LogP contribution in [0.2, 0.25) is 0 Å². The number of furan rings is 1. The van der Waals surface area contributed by atoms with Crippen LogP contribution in [0.5, 0.6) is 0 Å². The van der Waals surface area contributed by atoms with Crippen molar-refractivity contribution >= 4 is 17.0 Å². The zero-order valence-electron chi connectivity index (χ0n) is 13.1. The summed E-state index contributed by atoms with van der Waals surface area (Å²) in [7, 11) is 0. The van der Waals surface area contributed by atoms with Gasteiger partial charge < -0.3 is 30.2 Å². The van der Waals surface area contributed by atoms with E-state index < -0.39 is 30.6 Å². The summed E-state index contributed by atoms with van der Waals surface area (Å²) in [6, 6.07) is 3.43. The van der Waals surface area contributed by atoms with Gasteiger partial charge in [0.2, 0.25) is 0 Å². The summed E-state index contributed by atoms with van der Waals surface area (Å²) in [5, 5.41) is 30.5. The highest BCUT2D eigenvalue weighted by Crippen LogP contribution is 2.40. The quantitative estimate of drug-likeness (QED) is 0.466. The van der Waals surface area contributed by atoms with Crippen LogP contribution in [0.15, 0.2) is 35.5 Å². The van der Waals surface area contributed by atoms with Crippen LogP contribution in [0.3, 0.4) is 0 Å². The molecule has 0 spiro atoms. The van der Waals surface area contributed by atoms with Crippen molar-refractivity contribution in [3.8, 4) is 0 Å². The fourth-order valence-corrected chi connectivity index (χ4v) is 3.24. The highest BCUT2D eigenvalue weighted by molar-refractivity contribution is 5.81. The lowest BCUT2D eigenvalue weighted by molar-refractivity contribution is -0.147. The molecule has 4 rings (SSSR count). The van der Waals surface area contributed by atoms with E-state index in [-0.39, 0.29) is 12.2 Å². The van der Waals surface area contributed by atoms with E-state index in [1.165, 1.54) is 23.5 Å². The van der Waals surface area contributed by atoms with Crippen molar-refractivity contribution in [1.82, 2.24) is 19.5 Å². The smallest absolute Gasteiger partial charge is 0.183 e. The first-order valence-electron chi connectivity index (χ1n) is 7.68. The maximum atomic E-state index is 10.8. The Balaban J connectivity index is 1.90. The fourth-order valence-electron chi connectivity index (χ4n) is 3.24. The first-order valence-corrected chi connectivity index (χ1v) is 7.68. The second-order valence-electron chi connectivity index (χ2n) is 5.92. The monoisotopic (exact) mass is 347 g/mol. The first-order chi connectivity index (χ1) is 12.1. The topological polar surface area (TPSA) is 153 Å². The number of hydrogen-bond donors (Lipinski definition) is 4. The zero-order valence-corrected chi connectivity index (χ0v) is 13.1. The number of hydrogen-bond acceptors (Lipinski definition) is 9. The Labute approximate surface area is 141 Å². The minimum atomic E-state index is -1.47. The Morgan fingerprint density at radius 1 is 1.28 bits per heavy atom. The van der Waals surface area contributed by atoms with E-state index in [0.29, 0.717) is 16.9 Å². The number of anilines is 1. The standard InChI is InChI=1S/C15H17N5O5/c16-13-10-14(18-6-17-13)20(7-19-10)15(4-8-2-1-3-24-8)12(23)11(22)9(5-21)25-15/h1-3,6-7,9,11-12,21-23H,4-5H2,(H2,16,17,18)/t9-,11-,12-,15-/m1/s1. The molecule has 0 radical (unpaired) electrons. The Morgan fingerprint density at radius 3 is 2.80 bits per heavy atom. The van der Waals surface area contributed by atoms with Crippen LogP contribution < -0.4 is 5.73 Å². The van der Waals surface area contributed by atoms with Gasteiger partial charge in [0.15, 0.2) is 17.2 Å². The van der Waals surface area contributed by atoms with Crippen LogP contribution in [0.4, 0.5) is 5.82 Å². The van der Waals surface area contributed by atoms with Crippen molar-refractivity contribution in [2.75, 3.05) is 12.3 Å². The van der Waals surface area contributed by atoms with Gasteiger partial charge in [-0.1, -0.05) is 0 Å². The predicted molar refractivity (Wildman–Crippen MR) is 84.1 cm³/mol. The molecule has 0 unspecified atom stereocenters. The molecule has 25 heavy (non-hydrogen) atoms. The third-order valence-electron chi connectivity index (χ3n) is 4.48. The molecule has 0 aliphatic carbocycles. The normalized spacial score (nSPS) is 29.5. The lowest BCUT2D eigenvalue weighted by atomic mass is 9.98. The molecule has 0 aromatic carbocycles. The molecule has 10 heteroatoms. The van der Waals surface area contributed by atoms with Gasteiger partial charge in [-0.25, -0.2) is 15.0 Å². The van der Waals surface area contributed by atoms with Crippen molar-refractivity contribution in [2.24, 2.45) is 0 Å². The fraction of sp³-hybridized carbons (Fsp3) is 0.400. The summed E-state index contributed by atoms with van der Waals surface area (Å²) in [6.45, 7) is -0.456. The second kappa shape index (κ2) is 5.77. The maximum absolute atomic E-state index is 10.8. The van der Waals surface area contributed by atoms with E-state index in [0.717, 1.165) is 0 Å².